The third kappa shape index (κ3) is 2.25. The van der Waals surface area contributed by atoms with Crippen LogP contribution in [0.2, 0.25) is 0 Å². The number of aldehydes is 1. The van der Waals surface area contributed by atoms with Gasteiger partial charge in [0.05, 0.1) is 11.9 Å². The summed E-state index contributed by atoms with van der Waals surface area (Å²) in [6, 6.07) is 5.83. The van der Waals surface area contributed by atoms with Gasteiger partial charge in [0.2, 0.25) is 0 Å². The van der Waals surface area contributed by atoms with Crippen molar-refractivity contribution < 1.29 is 4.79 Å². The summed E-state index contributed by atoms with van der Waals surface area (Å²) < 4.78 is 3.58. The molecule has 0 amide bonds. The molecule has 0 bridgehead atoms. The number of carbonyl (C=O) groups excluding carboxylic acids is 1. The van der Waals surface area contributed by atoms with Crippen molar-refractivity contribution in [2.45, 2.75) is 0 Å². The van der Waals surface area contributed by atoms with Crippen molar-refractivity contribution in [2.75, 3.05) is 0 Å². The molecule has 1 aromatic heterocycles. The topological polar surface area (TPSA) is 47.8 Å². The molecule has 76 valence electrons. The van der Waals surface area contributed by atoms with E-state index < -0.39 is 0 Å². The predicted octanol–water partition coefficient (Wildman–Crippen LogP) is 2.45. The average Bonchev–Trinajstić information content (AvgIpc) is 2.70. The number of halogens is 2. The summed E-state index contributed by atoms with van der Waals surface area (Å²) in [7, 11) is 0. The number of aromatic nitrogens is 3. The molecule has 0 saturated heterocycles. The molecule has 0 aliphatic rings. The maximum absolute atomic E-state index is 10.5. The van der Waals surface area contributed by atoms with Crippen LogP contribution in [0.1, 0.15) is 10.5 Å². The van der Waals surface area contributed by atoms with E-state index in [1.54, 1.807) is 10.9 Å². The Balaban J connectivity index is 2.52. The number of hydrogen-bond donors (Lipinski definition) is 0. The molecule has 0 unspecified atom stereocenters. The van der Waals surface area contributed by atoms with Gasteiger partial charge in [-0.1, -0.05) is 21.1 Å². The quantitative estimate of drug-likeness (QED) is 0.596. The van der Waals surface area contributed by atoms with Crippen molar-refractivity contribution in [3.8, 4) is 5.69 Å². The highest BCUT2D eigenvalue weighted by molar-refractivity contribution is 14.1. The summed E-state index contributed by atoms with van der Waals surface area (Å²) in [4.78, 5) is 10.5. The number of benzene rings is 1. The molecule has 0 radical (unpaired) electrons. The molecule has 1 aromatic carbocycles. The molecule has 6 heteroatoms. The van der Waals surface area contributed by atoms with Gasteiger partial charge in [-0.05, 0) is 40.8 Å². The first-order valence-corrected chi connectivity index (χ1v) is 5.91. The summed E-state index contributed by atoms with van der Waals surface area (Å²) >= 11 is 5.59. The highest BCUT2D eigenvalue weighted by Gasteiger charge is 2.06. The van der Waals surface area contributed by atoms with E-state index in [9.17, 15) is 4.79 Å². The van der Waals surface area contributed by atoms with Gasteiger partial charge in [0.25, 0.3) is 0 Å². The predicted molar refractivity (Wildman–Crippen MR) is 67.2 cm³/mol. The summed E-state index contributed by atoms with van der Waals surface area (Å²) in [5.41, 5.74) is 1.22. The molecule has 15 heavy (non-hydrogen) atoms. The van der Waals surface area contributed by atoms with Gasteiger partial charge in [-0.15, -0.1) is 5.10 Å². The molecule has 0 aliphatic carbocycles. The van der Waals surface area contributed by atoms with Crippen molar-refractivity contribution in [2.24, 2.45) is 0 Å². The van der Waals surface area contributed by atoms with E-state index in [1.165, 1.54) is 0 Å². The Morgan fingerprint density at radius 1 is 1.47 bits per heavy atom. The van der Waals surface area contributed by atoms with Gasteiger partial charge in [0.1, 0.15) is 5.69 Å². The molecule has 0 fully saturated rings. The van der Waals surface area contributed by atoms with Crippen molar-refractivity contribution >= 4 is 44.8 Å². The van der Waals surface area contributed by atoms with E-state index in [0.29, 0.717) is 12.0 Å². The maximum Gasteiger partial charge on any atom is 0.171 e. The van der Waals surface area contributed by atoms with Gasteiger partial charge < -0.3 is 0 Å². The van der Waals surface area contributed by atoms with Gasteiger partial charge >= 0.3 is 0 Å². The zero-order valence-electron chi connectivity index (χ0n) is 7.39. The van der Waals surface area contributed by atoms with E-state index >= 15 is 0 Å². The lowest BCUT2D eigenvalue weighted by Crippen LogP contribution is -1.97. The summed E-state index contributed by atoms with van der Waals surface area (Å²) in [5.74, 6) is 0. The minimum absolute atomic E-state index is 0.325. The summed E-state index contributed by atoms with van der Waals surface area (Å²) in [5, 5.41) is 7.58. The Labute approximate surface area is 108 Å². The van der Waals surface area contributed by atoms with Crippen LogP contribution in [0.25, 0.3) is 5.69 Å². The SMILES string of the molecule is O=Cc1cn(-c2cc(Br)ccc2I)nn1. The van der Waals surface area contributed by atoms with Gasteiger partial charge in [-0.25, -0.2) is 4.68 Å². The molecule has 2 aromatic rings. The first-order chi connectivity index (χ1) is 7.20. The van der Waals surface area contributed by atoms with E-state index in [0.717, 1.165) is 13.7 Å². The fraction of sp³-hybridized carbons (Fsp3) is 0. The van der Waals surface area contributed by atoms with E-state index in [-0.39, 0.29) is 0 Å². The van der Waals surface area contributed by atoms with Gasteiger partial charge in [0, 0.05) is 8.04 Å². The fourth-order valence-corrected chi connectivity index (χ4v) is 2.04. The highest BCUT2D eigenvalue weighted by atomic mass is 127. The average molecular weight is 378 g/mol. The van der Waals surface area contributed by atoms with E-state index in [2.05, 4.69) is 48.8 Å². The molecule has 2 rings (SSSR count). The second-order valence-electron chi connectivity index (χ2n) is 2.80. The second-order valence-corrected chi connectivity index (χ2v) is 4.88. The molecule has 4 nitrogen and oxygen atoms in total. The lowest BCUT2D eigenvalue weighted by Gasteiger charge is -2.03. The number of hydrogen-bond acceptors (Lipinski definition) is 3. The minimum Gasteiger partial charge on any atom is -0.296 e. The van der Waals surface area contributed by atoms with Crippen molar-refractivity contribution in [3.63, 3.8) is 0 Å². The van der Waals surface area contributed by atoms with Crippen LogP contribution < -0.4 is 0 Å². The summed E-state index contributed by atoms with van der Waals surface area (Å²) in [6.07, 6.45) is 2.27. The van der Waals surface area contributed by atoms with Crippen molar-refractivity contribution in [1.82, 2.24) is 15.0 Å². The van der Waals surface area contributed by atoms with Crippen LogP contribution >= 0.6 is 38.5 Å². The van der Waals surface area contributed by atoms with E-state index in [1.807, 2.05) is 18.2 Å². The number of carbonyl (C=O) groups is 1. The zero-order chi connectivity index (χ0) is 10.8. The van der Waals surface area contributed by atoms with Crippen LogP contribution in [-0.4, -0.2) is 21.3 Å². The Kier molecular flexibility index (Phi) is 3.15. The highest BCUT2D eigenvalue weighted by Crippen LogP contribution is 2.21. The lowest BCUT2D eigenvalue weighted by atomic mass is 10.3. The second kappa shape index (κ2) is 4.40. The standard InChI is InChI=1S/C9H5BrIN3O/c10-6-1-2-8(11)9(3-6)14-4-7(5-15)12-13-14/h1-5H. The third-order valence-corrected chi connectivity index (χ3v) is 3.19. The zero-order valence-corrected chi connectivity index (χ0v) is 11.1. The van der Waals surface area contributed by atoms with Gasteiger partial charge in [-0.2, -0.15) is 0 Å². The molecule has 0 N–H and O–H groups in total. The molecule has 0 saturated carbocycles. The van der Waals surface area contributed by atoms with Crippen LogP contribution in [0, 0.1) is 3.57 Å². The van der Waals surface area contributed by atoms with Crippen LogP contribution in [0.4, 0.5) is 0 Å². The van der Waals surface area contributed by atoms with Crippen LogP contribution in [0.3, 0.4) is 0 Å². The number of rotatable bonds is 2. The van der Waals surface area contributed by atoms with Crippen LogP contribution in [0.5, 0.6) is 0 Å². The normalized spacial score (nSPS) is 10.3. The molecule has 1 heterocycles. The van der Waals surface area contributed by atoms with Crippen LogP contribution in [-0.2, 0) is 0 Å². The Morgan fingerprint density at radius 3 is 2.93 bits per heavy atom. The van der Waals surface area contributed by atoms with Crippen LogP contribution in [0.15, 0.2) is 28.9 Å². The molecular weight excluding hydrogens is 373 g/mol. The summed E-state index contributed by atoms with van der Waals surface area (Å²) in [6.45, 7) is 0. The van der Waals surface area contributed by atoms with Crippen molar-refractivity contribution in [3.05, 3.63) is 38.1 Å². The largest absolute Gasteiger partial charge is 0.296 e. The Morgan fingerprint density at radius 2 is 2.27 bits per heavy atom. The smallest absolute Gasteiger partial charge is 0.171 e. The Hall–Kier alpha value is -0.760. The first kappa shape index (κ1) is 10.7. The third-order valence-electron chi connectivity index (χ3n) is 1.79. The molecular formula is C9H5BrIN3O. The maximum atomic E-state index is 10.5. The minimum atomic E-state index is 0.325. The van der Waals surface area contributed by atoms with Crippen molar-refractivity contribution in [1.29, 1.82) is 0 Å². The molecule has 0 aliphatic heterocycles. The van der Waals surface area contributed by atoms with Gasteiger partial charge in [0.15, 0.2) is 6.29 Å². The first-order valence-electron chi connectivity index (χ1n) is 4.03. The molecule has 0 atom stereocenters. The number of nitrogens with zero attached hydrogens (tertiary/aromatic N) is 3. The monoisotopic (exact) mass is 377 g/mol. The fourth-order valence-electron chi connectivity index (χ4n) is 1.11. The van der Waals surface area contributed by atoms with E-state index in [4.69, 9.17) is 0 Å². The molecule has 0 spiro atoms. The van der Waals surface area contributed by atoms with Gasteiger partial charge in [-0.3, -0.25) is 4.79 Å². The lowest BCUT2D eigenvalue weighted by molar-refractivity contribution is 0.111. The Bertz CT molecular complexity index is 512.